The van der Waals surface area contributed by atoms with E-state index in [1.807, 2.05) is 19.9 Å². The molecule has 0 atom stereocenters. The van der Waals surface area contributed by atoms with Gasteiger partial charge in [0.2, 0.25) is 5.95 Å². The Kier molecular flexibility index (Phi) is 4.42. The molecule has 1 aliphatic heterocycles. The van der Waals surface area contributed by atoms with Crippen molar-refractivity contribution >= 4 is 22.8 Å². The monoisotopic (exact) mass is 353 g/mol. The fourth-order valence-corrected chi connectivity index (χ4v) is 3.54. The second-order valence-corrected chi connectivity index (χ2v) is 6.89. The van der Waals surface area contributed by atoms with Crippen molar-refractivity contribution in [3.8, 4) is 0 Å². The molecule has 1 fully saturated rings. The van der Waals surface area contributed by atoms with Crippen molar-refractivity contribution in [3.05, 3.63) is 35.7 Å². The number of rotatable bonds is 4. The van der Waals surface area contributed by atoms with Crippen molar-refractivity contribution in [2.45, 2.75) is 39.3 Å². The van der Waals surface area contributed by atoms with Crippen molar-refractivity contribution in [1.82, 2.24) is 24.8 Å². The summed E-state index contributed by atoms with van der Waals surface area (Å²) in [4.78, 5) is 20.1. The maximum absolute atomic E-state index is 6.16. The molecule has 1 aliphatic rings. The lowest BCUT2D eigenvalue weighted by molar-refractivity contribution is 0.209. The second kappa shape index (κ2) is 6.87. The minimum Gasteiger partial charge on any atom is -0.451 e. The Hall–Kier alpha value is -2.74. The molecule has 4 rings (SSSR count). The number of aryl methyl sites for hydroxylation is 2. The van der Waals surface area contributed by atoms with E-state index in [-0.39, 0.29) is 0 Å². The molecule has 0 spiro atoms. The van der Waals surface area contributed by atoms with Gasteiger partial charge < -0.3 is 15.5 Å². The first kappa shape index (κ1) is 16.7. The topological polar surface area (TPSA) is 106 Å². The number of pyridine rings is 1. The van der Waals surface area contributed by atoms with Gasteiger partial charge in [-0.2, -0.15) is 9.97 Å². The number of hydrogen-bond donors (Lipinski definition) is 2. The summed E-state index contributed by atoms with van der Waals surface area (Å²) in [6, 6.07) is 2.33. The first-order chi connectivity index (χ1) is 12.6. The number of nitrogen functional groups attached to an aromatic ring is 1. The van der Waals surface area contributed by atoms with Crippen LogP contribution in [-0.4, -0.2) is 44.0 Å². The summed E-state index contributed by atoms with van der Waals surface area (Å²) >= 11 is 0. The average molecular weight is 353 g/mol. The summed E-state index contributed by atoms with van der Waals surface area (Å²) in [5, 5.41) is 4.27. The Labute approximate surface area is 151 Å². The van der Waals surface area contributed by atoms with Crippen molar-refractivity contribution in [3.63, 3.8) is 0 Å². The van der Waals surface area contributed by atoms with Gasteiger partial charge >= 0.3 is 0 Å². The summed E-state index contributed by atoms with van der Waals surface area (Å²) in [5.41, 5.74) is 9.76. The quantitative estimate of drug-likeness (QED) is 0.736. The van der Waals surface area contributed by atoms with Crippen LogP contribution in [0.3, 0.4) is 0 Å². The van der Waals surface area contributed by atoms with Gasteiger partial charge in [-0.1, -0.05) is 0 Å². The van der Waals surface area contributed by atoms with Crippen LogP contribution in [0, 0.1) is 13.8 Å². The van der Waals surface area contributed by atoms with E-state index in [0.29, 0.717) is 23.5 Å². The van der Waals surface area contributed by atoms with E-state index in [4.69, 9.17) is 10.2 Å². The fraction of sp³-hybridized carbons (Fsp3) is 0.444. The Bertz CT molecular complexity index is 902. The predicted octanol–water partition coefficient (Wildman–Crippen LogP) is 2.29. The van der Waals surface area contributed by atoms with Crippen LogP contribution in [0.15, 0.2) is 23.1 Å². The number of anilines is 2. The van der Waals surface area contributed by atoms with Crippen LogP contribution < -0.4 is 11.1 Å². The van der Waals surface area contributed by atoms with Gasteiger partial charge in [0, 0.05) is 31.4 Å². The van der Waals surface area contributed by atoms with Crippen LogP contribution >= 0.6 is 0 Å². The molecule has 0 bridgehead atoms. The van der Waals surface area contributed by atoms with Crippen LogP contribution in [0.2, 0.25) is 0 Å². The molecule has 0 aliphatic carbocycles. The molecular weight excluding hydrogens is 330 g/mol. The number of fused-ring (bicyclic) bond motifs is 1. The summed E-state index contributed by atoms with van der Waals surface area (Å²) in [5.74, 6) is 1.04. The lowest BCUT2D eigenvalue weighted by atomic mass is 10.1. The van der Waals surface area contributed by atoms with Crippen molar-refractivity contribution in [2.24, 2.45) is 0 Å². The smallest absolute Gasteiger partial charge is 0.226 e. The Morgan fingerprint density at radius 2 is 2.04 bits per heavy atom. The van der Waals surface area contributed by atoms with Crippen LogP contribution in [0.1, 0.15) is 29.8 Å². The van der Waals surface area contributed by atoms with E-state index in [0.717, 1.165) is 54.8 Å². The van der Waals surface area contributed by atoms with E-state index >= 15 is 0 Å². The highest BCUT2D eigenvalue weighted by Crippen LogP contribution is 2.24. The minimum absolute atomic E-state index is 0.325. The van der Waals surface area contributed by atoms with E-state index in [1.165, 1.54) is 6.39 Å². The van der Waals surface area contributed by atoms with Gasteiger partial charge in [0.05, 0.1) is 11.1 Å². The number of piperidine rings is 1. The molecule has 4 heterocycles. The van der Waals surface area contributed by atoms with Crippen molar-refractivity contribution < 1.29 is 4.42 Å². The standard InChI is InChI=1S/C18H23N7O/c1-11-7-12(2)21-17-15(11)16(19)23-18(24-17)22-13-3-5-25(6-4-13)8-14-9-26-10-20-14/h7,9-10,13H,3-6,8H2,1-2H3,(H3,19,21,22,23,24). The number of oxazole rings is 1. The summed E-state index contributed by atoms with van der Waals surface area (Å²) in [6.45, 7) is 6.77. The van der Waals surface area contributed by atoms with E-state index in [9.17, 15) is 0 Å². The van der Waals surface area contributed by atoms with E-state index in [1.54, 1.807) is 6.26 Å². The summed E-state index contributed by atoms with van der Waals surface area (Å²) in [6.07, 6.45) is 5.20. The molecular formula is C18H23N7O. The number of nitrogens with two attached hydrogens (primary N) is 1. The number of nitrogens with one attached hydrogen (secondary N) is 1. The summed E-state index contributed by atoms with van der Waals surface area (Å²) in [7, 11) is 0. The zero-order valence-electron chi connectivity index (χ0n) is 15.1. The molecule has 0 saturated carbocycles. The highest BCUT2D eigenvalue weighted by atomic mass is 16.3. The fourth-order valence-electron chi connectivity index (χ4n) is 3.54. The van der Waals surface area contributed by atoms with Gasteiger partial charge in [-0.25, -0.2) is 9.97 Å². The largest absolute Gasteiger partial charge is 0.451 e. The second-order valence-electron chi connectivity index (χ2n) is 6.89. The lowest BCUT2D eigenvalue weighted by Crippen LogP contribution is -2.39. The predicted molar refractivity (Wildman–Crippen MR) is 99.6 cm³/mol. The highest BCUT2D eigenvalue weighted by Gasteiger charge is 2.21. The van der Waals surface area contributed by atoms with Crippen molar-refractivity contribution in [1.29, 1.82) is 0 Å². The maximum atomic E-state index is 6.16. The zero-order valence-corrected chi connectivity index (χ0v) is 15.1. The van der Waals surface area contributed by atoms with Crippen LogP contribution in [0.5, 0.6) is 0 Å². The van der Waals surface area contributed by atoms with E-state index in [2.05, 4.69) is 30.2 Å². The number of nitrogens with zero attached hydrogens (tertiary/aromatic N) is 5. The lowest BCUT2D eigenvalue weighted by Gasteiger charge is -2.31. The van der Waals surface area contributed by atoms with Gasteiger partial charge in [-0.3, -0.25) is 4.90 Å². The van der Waals surface area contributed by atoms with E-state index < -0.39 is 0 Å². The minimum atomic E-state index is 0.325. The van der Waals surface area contributed by atoms with Gasteiger partial charge in [0.1, 0.15) is 12.1 Å². The Balaban J connectivity index is 1.43. The maximum Gasteiger partial charge on any atom is 0.226 e. The van der Waals surface area contributed by atoms with Gasteiger partial charge in [-0.15, -0.1) is 0 Å². The van der Waals surface area contributed by atoms with Crippen LogP contribution in [0.25, 0.3) is 11.0 Å². The third-order valence-corrected chi connectivity index (χ3v) is 4.81. The molecule has 26 heavy (non-hydrogen) atoms. The molecule has 0 amide bonds. The normalized spacial score (nSPS) is 16.2. The summed E-state index contributed by atoms with van der Waals surface area (Å²) < 4.78 is 5.03. The highest BCUT2D eigenvalue weighted by molar-refractivity contribution is 5.89. The number of hydrogen-bond acceptors (Lipinski definition) is 8. The Morgan fingerprint density at radius 3 is 2.77 bits per heavy atom. The van der Waals surface area contributed by atoms with Crippen molar-refractivity contribution in [2.75, 3.05) is 24.1 Å². The molecule has 136 valence electrons. The van der Waals surface area contributed by atoms with Gasteiger partial charge in [0.15, 0.2) is 12.0 Å². The first-order valence-electron chi connectivity index (χ1n) is 8.86. The molecule has 3 aromatic rings. The number of aromatic nitrogens is 4. The molecule has 8 heteroatoms. The Morgan fingerprint density at radius 1 is 1.23 bits per heavy atom. The average Bonchev–Trinajstić information content (AvgIpc) is 3.08. The number of likely N-dealkylation sites (tertiary alicyclic amines) is 1. The molecule has 3 N–H and O–H groups in total. The third-order valence-electron chi connectivity index (χ3n) is 4.81. The SMILES string of the molecule is Cc1cc(C)c2c(N)nc(NC3CCN(Cc4cocn4)CC3)nc2n1. The first-order valence-corrected chi connectivity index (χ1v) is 8.86. The zero-order chi connectivity index (χ0) is 18.1. The van der Waals surface area contributed by atoms with Crippen LogP contribution in [0.4, 0.5) is 11.8 Å². The molecule has 0 radical (unpaired) electrons. The van der Waals surface area contributed by atoms with Crippen LogP contribution in [-0.2, 0) is 6.54 Å². The molecule has 3 aromatic heterocycles. The van der Waals surface area contributed by atoms with Gasteiger partial charge in [-0.05, 0) is 38.3 Å². The molecule has 8 nitrogen and oxygen atoms in total. The molecule has 1 saturated heterocycles. The molecule has 0 aromatic carbocycles. The van der Waals surface area contributed by atoms with Gasteiger partial charge in [0.25, 0.3) is 0 Å². The molecule has 0 unspecified atom stereocenters. The third kappa shape index (κ3) is 3.45.